The minimum absolute atomic E-state index is 0.0385. The Hall–Kier alpha value is 0.580. The van der Waals surface area contributed by atoms with Crippen LogP contribution in [0.5, 0.6) is 0 Å². The fraction of sp³-hybridized carbons (Fsp3) is 1.00. The van der Waals surface area contributed by atoms with Gasteiger partial charge >= 0.3 is 0 Å². The van der Waals surface area contributed by atoms with E-state index in [2.05, 4.69) is 13.8 Å². The second kappa shape index (κ2) is 4.46. The molecule has 0 spiro atoms. The molecule has 0 bridgehead atoms. The van der Waals surface area contributed by atoms with Crippen molar-refractivity contribution in [2.24, 2.45) is 0 Å². The Labute approximate surface area is 73.9 Å². The Morgan fingerprint density at radius 1 is 1.50 bits per heavy atom. The molecule has 0 aliphatic rings. The lowest BCUT2D eigenvalue weighted by Crippen LogP contribution is -2.15. The highest BCUT2D eigenvalue weighted by atomic mass is 35.5. The lowest BCUT2D eigenvalue weighted by atomic mass is 10.0. The van der Waals surface area contributed by atoms with Gasteiger partial charge in [-0.15, -0.1) is 23.2 Å². The normalized spacial score (nSPS) is 20.1. The Morgan fingerprint density at radius 3 is 2.30 bits per heavy atom. The smallest absolute Gasteiger partial charge is 0.0416 e. The van der Waals surface area contributed by atoms with Gasteiger partial charge in [0.2, 0.25) is 0 Å². The molecule has 0 N–H and O–H groups in total. The molecule has 2 atom stereocenters. The van der Waals surface area contributed by atoms with Gasteiger partial charge in [0.1, 0.15) is 0 Å². The first kappa shape index (κ1) is 10.6. The number of halogens is 2. The quantitative estimate of drug-likeness (QED) is 0.581. The van der Waals surface area contributed by atoms with Crippen molar-refractivity contribution in [2.45, 2.75) is 50.3 Å². The maximum Gasteiger partial charge on any atom is 0.0416 e. The van der Waals surface area contributed by atoms with Gasteiger partial charge in [-0.2, -0.15) is 0 Å². The number of alkyl halides is 2. The first-order valence-corrected chi connectivity index (χ1v) is 4.62. The summed E-state index contributed by atoms with van der Waals surface area (Å²) in [5.74, 6) is 0. The van der Waals surface area contributed by atoms with Crippen molar-refractivity contribution < 1.29 is 0 Å². The zero-order valence-electron chi connectivity index (χ0n) is 6.95. The lowest BCUT2D eigenvalue weighted by Gasteiger charge is -2.19. The van der Waals surface area contributed by atoms with Crippen LogP contribution in [-0.4, -0.2) is 10.3 Å². The molecule has 0 aromatic rings. The standard InChI is InChI=1S/C8H16Cl2/c1-4-8(3,10)6-5-7(2)9/h7H,4-6H2,1-3H3. The second-order valence-electron chi connectivity index (χ2n) is 3.09. The monoisotopic (exact) mass is 182 g/mol. The highest BCUT2D eigenvalue weighted by molar-refractivity contribution is 6.23. The molecule has 0 fully saturated rings. The van der Waals surface area contributed by atoms with Gasteiger partial charge in [-0.1, -0.05) is 6.92 Å². The van der Waals surface area contributed by atoms with Crippen molar-refractivity contribution in [2.75, 3.05) is 0 Å². The summed E-state index contributed by atoms with van der Waals surface area (Å²) in [7, 11) is 0. The fourth-order valence-electron chi connectivity index (χ4n) is 0.677. The van der Waals surface area contributed by atoms with Crippen LogP contribution in [-0.2, 0) is 0 Å². The van der Waals surface area contributed by atoms with Crippen molar-refractivity contribution in [1.82, 2.24) is 0 Å². The molecule has 0 saturated heterocycles. The van der Waals surface area contributed by atoms with Crippen LogP contribution in [0.2, 0.25) is 0 Å². The van der Waals surface area contributed by atoms with E-state index in [-0.39, 0.29) is 10.3 Å². The minimum Gasteiger partial charge on any atom is -0.123 e. The summed E-state index contributed by atoms with van der Waals surface area (Å²) in [5.41, 5.74) is 0. The van der Waals surface area contributed by atoms with Gasteiger partial charge in [-0.05, 0) is 33.1 Å². The third-order valence-electron chi connectivity index (χ3n) is 1.80. The second-order valence-corrected chi connectivity index (χ2v) is 4.74. The maximum absolute atomic E-state index is 6.11. The van der Waals surface area contributed by atoms with Gasteiger partial charge in [-0.3, -0.25) is 0 Å². The molecule has 62 valence electrons. The molecule has 2 unspecified atom stereocenters. The van der Waals surface area contributed by atoms with Crippen molar-refractivity contribution in [3.8, 4) is 0 Å². The average Bonchev–Trinajstić information content (AvgIpc) is 1.85. The van der Waals surface area contributed by atoms with Gasteiger partial charge in [0, 0.05) is 10.3 Å². The summed E-state index contributed by atoms with van der Waals surface area (Å²) in [5, 5.41) is 0.254. The summed E-state index contributed by atoms with van der Waals surface area (Å²) in [4.78, 5) is -0.0385. The van der Waals surface area contributed by atoms with Crippen molar-refractivity contribution in [1.29, 1.82) is 0 Å². The SMILES string of the molecule is CCC(C)(Cl)CCC(C)Cl. The van der Waals surface area contributed by atoms with Crippen LogP contribution in [0, 0.1) is 0 Å². The Morgan fingerprint density at radius 2 is 2.00 bits per heavy atom. The molecule has 0 saturated carbocycles. The van der Waals surface area contributed by atoms with Gasteiger partial charge in [-0.25, -0.2) is 0 Å². The molecular formula is C8H16Cl2. The minimum atomic E-state index is -0.0385. The summed E-state index contributed by atoms with van der Waals surface area (Å²) in [6.45, 7) is 6.17. The van der Waals surface area contributed by atoms with Crippen LogP contribution in [0.4, 0.5) is 0 Å². The van der Waals surface area contributed by atoms with Crippen molar-refractivity contribution in [3.05, 3.63) is 0 Å². The molecule has 2 heteroatoms. The largest absolute Gasteiger partial charge is 0.123 e. The first-order valence-electron chi connectivity index (χ1n) is 3.81. The van der Waals surface area contributed by atoms with Crippen LogP contribution in [0.25, 0.3) is 0 Å². The molecule has 0 aliphatic carbocycles. The van der Waals surface area contributed by atoms with Gasteiger partial charge < -0.3 is 0 Å². The molecule has 0 nitrogen and oxygen atoms in total. The lowest BCUT2D eigenvalue weighted by molar-refractivity contribution is 0.530. The number of hydrogen-bond acceptors (Lipinski definition) is 0. The zero-order valence-corrected chi connectivity index (χ0v) is 8.47. The molecule has 10 heavy (non-hydrogen) atoms. The molecule has 0 amide bonds. The molecular weight excluding hydrogens is 167 g/mol. The Kier molecular flexibility index (Phi) is 4.71. The highest BCUT2D eigenvalue weighted by Crippen LogP contribution is 2.26. The van der Waals surface area contributed by atoms with E-state index in [4.69, 9.17) is 23.2 Å². The summed E-state index contributed by atoms with van der Waals surface area (Å²) in [6.07, 6.45) is 3.03. The average molecular weight is 183 g/mol. The summed E-state index contributed by atoms with van der Waals surface area (Å²) >= 11 is 11.9. The Balaban J connectivity index is 3.46. The highest BCUT2D eigenvalue weighted by Gasteiger charge is 2.17. The third kappa shape index (κ3) is 5.37. The van der Waals surface area contributed by atoms with Gasteiger partial charge in [0.05, 0.1) is 0 Å². The molecule has 0 aromatic carbocycles. The van der Waals surface area contributed by atoms with Crippen LogP contribution < -0.4 is 0 Å². The molecule has 0 aromatic heterocycles. The van der Waals surface area contributed by atoms with Crippen LogP contribution in [0.15, 0.2) is 0 Å². The van der Waals surface area contributed by atoms with Crippen LogP contribution in [0.3, 0.4) is 0 Å². The van der Waals surface area contributed by atoms with E-state index < -0.39 is 0 Å². The van der Waals surface area contributed by atoms with Crippen LogP contribution in [0.1, 0.15) is 40.0 Å². The zero-order chi connectivity index (χ0) is 8.20. The van der Waals surface area contributed by atoms with Gasteiger partial charge in [0.25, 0.3) is 0 Å². The third-order valence-corrected chi connectivity index (χ3v) is 2.48. The van der Waals surface area contributed by atoms with E-state index in [9.17, 15) is 0 Å². The molecule has 0 heterocycles. The fourth-order valence-corrected chi connectivity index (χ4v) is 0.895. The van der Waals surface area contributed by atoms with E-state index in [0.717, 1.165) is 19.3 Å². The topological polar surface area (TPSA) is 0 Å². The Bertz CT molecular complexity index is 87.3. The van der Waals surface area contributed by atoms with E-state index >= 15 is 0 Å². The molecule has 0 rings (SSSR count). The molecule has 0 radical (unpaired) electrons. The predicted octanol–water partition coefficient (Wildman–Crippen LogP) is 3.80. The summed E-state index contributed by atoms with van der Waals surface area (Å²) < 4.78 is 0. The van der Waals surface area contributed by atoms with Crippen molar-refractivity contribution >= 4 is 23.2 Å². The van der Waals surface area contributed by atoms with E-state index in [0.29, 0.717) is 0 Å². The van der Waals surface area contributed by atoms with Crippen LogP contribution >= 0.6 is 23.2 Å². The van der Waals surface area contributed by atoms with Crippen molar-refractivity contribution in [3.63, 3.8) is 0 Å². The number of hydrogen-bond donors (Lipinski definition) is 0. The van der Waals surface area contributed by atoms with E-state index in [1.165, 1.54) is 0 Å². The van der Waals surface area contributed by atoms with E-state index in [1.807, 2.05) is 6.92 Å². The predicted molar refractivity (Wildman–Crippen MR) is 49.1 cm³/mol. The van der Waals surface area contributed by atoms with E-state index in [1.54, 1.807) is 0 Å². The first-order chi connectivity index (χ1) is 4.48. The molecule has 0 aliphatic heterocycles. The summed E-state index contributed by atoms with van der Waals surface area (Å²) in [6, 6.07) is 0. The number of rotatable bonds is 4. The van der Waals surface area contributed by atoms with Gasteiger partial charge in [0.15, 0.2) is 0 Å². The maximum atomic E-state index is 6.11.